The lowest BCUT2D eigenvalue weighted by atomic mass is 9.98. The summed E-state index contributed by atoms with van der Waals surface area (Å²) in [5, 5.41) is 42.0. The van der Waals surface area contributed by atoms with Crippen molar-refractivity contribution in [2.45, 2.75) is 190 Å². The largest absolute Gasteiger partial charge is 0.508 e. The molecule has 0 aliphatic carbocycles. The van der Waals surface area contributed by atoms with Gasteiger partial charge in [0.1, 0.15) is 29.8 Å². The van der Waals surface area contributed by atoms with E-state index >= 15 is 0 Å². The van der Waals surface area contributed by atoms with Crippen LogP contribution in [0.1, 0.15) is 153 Å². The zero-order valence-corrected chi connectivity index (χ0v) is 29.8. The Morgan fingerprint density at radius 1 is 0.689 bits per heavy atom. The van der Waals surface area contributed by atoms with E-state index in [0.717, 1.165) is 76.2 Å². The molecule has 0 amide bonds. The highest BCUT2D eigenvalue weighted by Crippen LogP contribution is 2.34. The average Bonchev–Trinajstić information content (AvgIpc) is 3.02. The predicted octanol–water partition coefficient (Wildman–Crippen LogP) is 9.35. The van der Waals surface area contributed by atoms with Crippen molar-refractivity contribution in [3.63, 3.8) is 0 Å². The summed E-state index contributed by atoms with van der Waals surface area (Å²) in [4.78, 5) is 0. The van der Waals surface area contributed by atoms with Crippen molar-refractivity contribution in [3.05, 3.63) is 23.3 Å². The summed E-state index contributed by atoms with van der Waals surface area (Å²) in [5.74, 6) is 0.642. The van der Waals surface area contributed by atoms with Crippen molar-refractivity contribution < 1.29 is 29.9 Å². The number of hydrogen-bond donors (Lipinski definition) is 4. The maximum absolute atomic E-state index is 11.1. The van der Waals surface area contributed by atoms with E-state index in [0.29, 0.717) is 17.7 Å². The number of phenolic OH excluding ortho intramolecular Hbond substituents is 1. The number of aliphatic hydroxyl groups excluding tert-OH is 3. The Hall–Kier alpha value is -0.760. The number of alkyl halides is 2. The number of rotatable bonds is 26. The molecule has 0 unspecified atom stereocenters. The number of ether oxygens (including phenoxy) is 2. The molecule has 1 aliphatic rings. The van der Waals surface area contributed by atoms with Crippen molar-refractivity contribution in [1.82, 2.24) is 0 Å². The SMILES string of the molecule is CCCCCCCC[C@H](Cl)CCCCCc1cc(O)c(CCCCC[C@H](Cl)CCCCCC)c(O[C@@H]2OC[C@@H](O)[C@H](O)[C@H]2O)c1. The molecule has 1 heterocycles. The summed E-state index contributed by atoms with van der Waals surface area (Å²) in [6.07, 6.45) is 19.3. The minimum atomic E-state index is -1.40. The van der Waals surface area contributed by atoms with Crippen LogP contribution in [-0.4, -0.2) is 62.4 Å². The van der Waals surface area contributed by atoms with Crippen LogP contribution in [0.25, 0.3) is 0 Å². The standard InChI is InChI=1S/C37H64Cl2O6/c1-3-5-7-9-10-15-21-30(39)22-16-11-13-19-28-25-32(40)31(24-18-12-17-23-29(38)20-14-8-6-4-2)34(26-28)45-37-36(43)35(42)33(41)27-44-37/h25-26,29-30,33,35-37,40-43H,3-24,27H2,1-2H3/t29-,30+,33-,35+,36-,37+/m1/s1. The van der Waals surface area contributed by atoms with Crippen molar-refractivity contribution in [2.75, 3.05) is 6.61 Å². The van der Waals surface area contributed by atoms with Gasteiger partial charge in [-0.05, 0) is 69.1 Å². The average molecular weight is 676 g/mol. The van der Waals surface area contributed by atoms with E-state index in [1.165, 1.54) is 64.2 Å². The van der Waals surface area contributed by atoms with E-state index in [1.54, 1.807) is 0 Å². The highest BCUT2D eigenvalue weighted by molar-refractivity contribution is 6.20. The number of benzene rings is 1. The Kier molecular flexibility index (Phi) is 21.9. The molecule has 1 aromatic carbocycles. The second-order valence-electron chi connectivity index (χ2n) is 13.3. The second kappa shape index (κ2) is 24.4. The van der Waals surface area contributed by atoms with Gasteiger partial charge < -0.3 is 29.9 Å². The van der Waals surface area contributed by atoms with Gasteiger partial charge in [-0.1, -0.05) is 104 Å². The number of aliphatic hydroxyl groups is 3. The van der Waals surface area contributed by atoms with E-state index < -0.39 is 24.6 Å². The van der Waals surface area contributed by atoms with E-state index in [9.17, 15) is 20.4 Å². The van der Waals surface area contributed by atoms with E-state index in [2.05, 4.69) is 13.8 Å². The van der Waals surface area contributed by atoms with Gasteiger partial charge in [0, 0.05) is 16.3 Å². The van der Waals surface area contributed by atoms with Crippen LogP contribution in [0, 0.1) is 0 Å². The first kappa shape index (κ1) is 40.4. The summed E-state index contributed by atoms with van der Waals surface area (Å²) in [7, 11) is 0. The maximum atomic E-state index is 11.1. The molecule has 1 fully saturated rings. The van der Waals surface area contributed by atoms with Crippen molar-refractivity contribution in [1.29, 1.82) is 0 Å². The number of aromatic hydroxyl groups is 1. The Morgan fingerprint density at radius 2 is 1.18 bits per heavy atom. The van der Waals surface area contributed by atoms with Crippen LogP contribution in [0.15, 0.2) is 12.1 Å². The Bertz CT molecular complexity index is 887. The first-order chi connectivity index (χ1) is 21.8. The summed E-state index contributed by atoms with van der Waals surface area (Å²) in [6.45, 7) is 4.32. The van der Waals surface area contributed by atoms with Crippen LogP contribution in [0.2, 0.25) is 0 Å². The Labute approximate surface area is 284 Å². The number of halogens is 2. The predicted molar refractivity (Wildman–Crippen MR) is 187 cm³/mol. The molecule has 1 saturated heterocycles. The van der Waals surface area contributed by atoms with Crippen molar-refractivity contribution in [3.8, 4) is 11.5 Å². The molecule has 2 rings (SSSR count). The Morgan fingerprint density at radius 3 is 1.76 bits per heavy atom. The maximum Gasteiger partial charge on any atom is 0.228 e. The van der Waals surface area contributed by atoms with Gasteiger partial charge in [0.25, 0.3) is 0 Å². The van der Waals surface area contributed by atoms with Gasteiger partial charge in [0.15, 0.2) is 0 Å². The third-order valence-electron chi connectivity index (χ3n) is 9.11. The van der Waals surface area contributed by atoms with E-state index in [4.69, 9.17) is 32.7 Å². The van der Waals surface area contributed by atoms with E-state index in [1.807, 2.05) is 12.1 Å². The first-order valence-electron chi connectivity index (χ1n) is 18.2. The van der Waals surface area contributed by atoms with Crippen LogP contribution in [0.3, 0.4) is 0 Å². The fourth-order valence-electron chi connectivity index (χ4n) is 6.14. The molecule has 1 aliphatic heterocycles. The van der Waals surface area contributed by atoms with Crippen LogP contribution >= 0.6 is 23.2 Å². The molecule has 6 atom stereocenters. The highest BCUT2D eigenvalue weighted by atomic mass is 35.5. The molecule has 262 valence electrons. The smallest absolute Gasteiger partial charge is 0.228 e. The fourth-order valence-corrected chi connectivity index (χ4v) is 6.76. The molecule has 0 saturated carbocycles. The minimum absolute atomic E-state index is 0.137. The topological polar surface area (TPSA) is 99.4 Å². The molecule has 1 aromatic rings. The molecular weight excluding hydrogens is 611 g/mol. The molecule has 6 nitrogen and oxygen atoms in total. The van der Waals surface area contributed by atoms with Crippen LogP contribution < -0.4 is 4.74 Å². The highest BCUT2D eigenvalue weighted by Gasteiger charge is 2.39. The van der Waals surface area contributed by atoms with Gasteiger partial charge in [-0.15, -0.1) is 23.2 Å². The number of phenols is 1. The third kappa shape index (κ3) is 16.8. The molecular formula is C37H64Cl2O6. The second-order valence-corrected chi connectivity index (χ2v) is 14.5. The molecule has 8 heteroatoms. The lowest BCUT2D eigenvalue weighted by Crippen LogP contribution is -2.54. The van der Waals surface area contributed by atoms with Crippen molar-refractivity contribution in [2.24, 2.45) is 0 Å². The third-order valence-corrected chi connectivity index (χ3v) is 9.98. The van der Waals surface area contributed by atoms with Gasteiger partial charge in [-0.3, -0.25) is 0 Å². The quantitative estimate of drug-likeness (QED) is 0.0577. The zero-order valence-electron chi connectivity index (χ0n) is 28.2. The lowest BCUT2D eigenvalue weighted by Gasteiger charge is -2.35. The summed E-state index contributed by atoms with van der Waals surface area (Å²) in [5.41, 5.74) is 1.64. The van der Waals surface area contributed by atoms with Crippen molar-refractivity contribution >= 4 is 23.2 Å². The zero-order chi connectivity index (χ0) is 32.9. The summed E-state index contributed by atoms with van der Waals surface area (Å²) >= 11 is 13.1. The molecule has 4 N–H and O–H groups in total. The van der Waals surface area contributed by atoms with Gasteiger partial charge in [-0.2, -0.15) is 0 Å². The minimum Gasteiger partial charge on any atom is -0.508 e. The molecule has 45 heavy (non-hydrogen) atoms. The van der Waals surface area contributed by atoms with E-state index in [-0.39, 0.29) is 23.1 Å². The summed E-state index contributed by atoms with van der Waals surface area (Å²) < 4.78 is 11.6. The van der Waals surface area contributed by atoms with Crippen LogP contribution in [0.5, 0.6) is 11.5 Å². The van der Waals surface area contributed by atoms with Crippen LogP contribution in [-0.2, 0) is 17.6 Å². The normalized spacial score (nSPS) is 21.6. The molecule has 0 spiro atoms. The molecule has 0 aromatic heterocycles. The van der Waals surface area contributed by atoms with Gasteiger partial charge in [0.05, 0.1) is 6.61 Å². The van der Waals surface area contributed by atoms with Gasteiger partial charge >= 0.3 is 0 Å². The Balaban J connectivity index is 1.87. The fraction of sp³-hybridized carbons (Fsp3) is 0.838. The number of unbranched alkanes of at least 4 members (excludes halogenated alkanes) is 12. The molecule has 0 radical (unpaired) electrons. The number of hydrogen-bond acceptors (Lipinski definition) is 6. The van der Waals surface area contributed by atoms with Crippen LogP contribution in [0.4, 0.5) is 0 Å². The number of aryl methyl sites for hydroxylation is 1. The first-order valence-corrected chi connectivity index (χ1v) is 19.1. The van der Waals surface area contributed by atoms with Gasteiger partial charge in [0.2, 0.25) is 6.29 Å². The van der Waals surface area contributed by atoms with Gasteiger partial charge in [-0.25, -0.2) is 0 Å². The monoisotopic (exact) mass is 674 g/mol. The summed E-state index contributed by atoms with van der Waals surface area (Å²) in [6, 6.07) is 3.75. The lowest BCUT2D eigenvalue weighted by molar-refractivity contribution is -0.242. The molecule has 0 bridgehead atoms.